The summed E-state index contributed by atoms with van der Waals surface area (Å²) in [4.78, 5) is 55.1. The molecule has 162 valence electrons. The van der Waals surface area contributed by atoms with Crippen molar-refractivity contribution in [3.8, 4) is 0 Å². The van der Waals surface area contributed by atoms with E-state index in [0.29, 0.717) is 22.5 Å². The Morgan fingerprint density at radius 1 is 0.833 bits per heavy atom. The minimum atomic E-state index is -1.13. The van der Waals surface area contributed by atoms with Crippen molar-refractivity contribution < 1.29 is 33.4 Å². The fourth-order valence-corrected chi connectivity index (χ4v) is 3.34. The first-order valence-corrected chi connectivity index (χ1v) is 9.43. The summed E-state index contributed by atoms with van der Waals surface area (Å²) in [6.45, 7) is 9.83. The molecule has 0 fully saturated rings. The van der Waals surface area contributed by atoms with Crippen LogP contribution in [-0.2, 0) is 14.2 Å². The number of hydrogen-bond acceptors (Lipinski definition) is 7. The van der Waals surface area contributed by atoms with Crippen molar-refractivity contribution in [2.24, 2.45) is 0 Å². The third-order valence-corrected chi connectivity index (χ3v) is 4.85. The largest absolute Gasteiger partial charge is 0.465 e. The molecule has 0 aliphatic carbocycles. The number of ether oxygens (including phenoxy) is 3. The van der Waals surface area contributed by atoms with E-state index < -0.39 is 29.8 Å². The van der Waals surface area contributed by atoms with E-state index in [2.05, 4.69) is 9.97 Å². The number of rotatable bonds is 7. The van der Waals surface area contributed by atoms with E-state index in [1.54, 1.807) is 34.6 Å². The zero-order valence-electron chi connectivity index (χ0n) is 18.1. The van der Waals surface area contributed by atoms with Gasteiger partial charge in [-0.25, -0.2) is 14.4 Å². The molecule has 0 spiro atoms. The van der Waals surface area contributed by atoms with Crippen molar-refractivity contribution in [2.75, 3.05) is 13.7 Å². The van der Waals surface area contributed by atoms with Gasteiger partial charge in [0, 0.05) is 11.4 Å². The average Bonchev–Trinajstić information content (AvgIpc) is 3.15. The number of carbonyl (C=O) groups is 4. The standard InChI is InChI=1S/C21H26N2O7/c1-8-29-20(26)15-10(3)17(23-12(15)5)21(27)30-13(6)18(24)16-9(2)14(11(4)22-16)19(25)28-7/h13,22-23H,8H2,1-7H3. The highest BCUT2D eigenvalue weighted by Gasteiger charge is 2.29. The Balaban J connectivity index is 2.25. The van der Waals surface area contributed by atoms with Crippen LogP contribution in [0.3, 0.4) is 0 Å². The van der Waals surface area contributed by atoms with Crippen molar-refractivity contribution in [3.63, 3.8) is 0 Å². The number of nitrogens with one attached hydrogen (secondary N) is 2. The molecule has 9 heteroatoms. The molecule has 0 saturated carbocycles. The molecule has 0 aromatic carbocycles. The van der Waals surface area contributed by atoms with Crippen LogP contribution >= 0.6 is 0 Å². The molecule has 9 nitrogen and oxygen atoms in total. The van der Waals surface area contributed by atoms with E-state index in [4.69, 9.17) is 14.2 Å². The van der Waals surface area contributed by atoms with Crippen LogP contribution in [0.15, 0.2) is 0 Å². The number of aryl methyl sites for hydroxylation is 2. The molecule has 0 amide bonds. The van der Waals surface area contributed by atoms with Crippen molar-refractivity contribution >= 4 is 23.7 Å². The molecule has 2 heterocycles. The molecular formula is C21H26N2O7. The molecular weight excluding hydrogens is 392 g/mol. The summed E-state index contributed by atoms with van der Waals surface area (Å²) in [5.74, 6) is -2.37. The monoisotopic (exact) mass is 418 g/mol. The number of aromatic amines is 2. The van der Waals surface area contributed by atoms with Gasteiger partial charge in [-0.2, -0.15) is 0 Å². The SMILES string of the molecule is CCOC(=O)c1c(C)[nH]c(C(=O)OC(C)C(=O)c2[nH]c(C)c(C(=O)OC)c2C)c1C. The van der Waals surface area contributed by atoms with Crippen LogP contribution in [0.25, 0.3) is 0 Å². The van der Waals surface area contributed by atoms with E-state index in [-0.39, 0.29) is 29.1 Å². The van der Waals surface area contributed by atoms with E-state index in [1.165, 1.54) is 14.0 Å². The predicted molar refractivity (Wildman–Crippen MR) is 107 cm³/mol. The number of hydrogen-bond donors (Lipinski definition) is 2. The van der Waals surface area contributed by atoms with Crippen LogP contribution in [-0.4, -0.2) is 53.5 Å². The molecule has 2 aromatic heterocycles. The fourth-order valence-electron chi connectivity index (χ4n) is 3.34. The van der Waals surface area contributed by atoms with Gasteiger partial charge in [0.15, 0.2) is 6.10 Å². The lowest BCUT2D eigenvalue weighted by Crippen LogP contribution is -2.26. The van der Waals surface area contributed by atoms with Crippen LogP contribution in [0.5, 0.6) is 0 Å². The number of H-pyrrole nitrogens is 2. The Morgan fingerprint density at radius 3 is 1.87 bits per heavy atom. The first-order chi connectivity index (χ1) is 14.0. The van der Waals surface area contributed by atoms with Gasteiger partial charge in [0.1, 0.15) is 5.69 Å². The number of esters is 3. The molecule has 0 bridgehead atoms. The van der Waals surface area contributed by atoms with E-state index >= 15 is 0 Å². The van der Waals surface area contributed by atoms with Crippen LogP contribution in [0, 0.1) is 27.7 Å². The predicted octanol–water partition coefficient (Wildman–Crippen LogP) is 2.97. The Hall–Kier alpha value is -3.36. The Morgan fingerprint density at radius 2 is 1.33 bits per heavy atom. The van der Waals surface area contributed by atoms with Crippen LogP contribution < -0.4 is 0 Å². The quantitative estimate of drug-likeness (QED) is 0.402. The summed E-state index contributed by atoms with van der Waals surface area (Å²) in [6, 6.07) is 0. The maximum Gasteiger partial charge on any atom is 0.355 e. The number of Topliss-reactive ketones (excluding diaryl/α,β-unsaturated/α-hetero) is 1. The topological polar surface area (TPSA) is 128 Å². The molecule has 0 radical (unpaired) electrons. The van der Waals surface area contributed by atoms with Crippen LogP contribution in [0.4, 0.5) is 0 Å². The molecule has 2 rings (SSSR count). The van der Waals surface area contributed by atoms with Gasteiger partial charge in [-0.3, -0.25) is 4.79 Å². The molecule has 0 aliphatic rings. The molecule has 1 unspecified atom stereocenters. The first kappa shape index (κ1) is 22.9. The zero-order valence-corrected chi connectivity index (χ0v) is 18.1. The second kappa shape index (κ2) is 8.98. The normalized spacial score (nSPS) is 11.7. The summed E-state index contributed by atoms with van der Waals surface area (Å²) in [7, 11) is 1.26. The highest BCUT2D eigenvalue weighted by molar-refractivity contribution is 6.05. The van der Waals surface area contributed by atoms with Crippen molar-refractivity contribution in [1.82, 2.24) is 9.97 Å². The van der Waals surface area contributed by atoms with Gasteiger partial charge in [0.25, 0.3) is 0 Å². The Kier molecular flexibility index (Phi) is 6.86. The van der Waals surface area contributed by atoms with Crippen molar-refractivity contribution in [3.05, 3.63) is 45.0 Å². The van der Waals surface area contributed by atoms with Crippen LogP contribution in [0.1, 0.15) is 78.1 Å². The molecule has 0 aliphatic heterocycles. The molecule has 2 N–H and O–H groups in total. The number of ketones is 1. The lowest BCUT2D eigenvalue weighted by molar-refractivity contribution is 0.0311. The van der Waals surface area contributed by atoms with Crippen LogP contribution in [0.2, 0.25) is 0 Å². The maximum absolute atomic E-state index is 12.8. The lowest BCUT2D eigenvalue weighted by atomic mass is 10.1. The molecule has 0 saturated heterocycles. The van der Waals surface area contributed by atoms with E-state index in [0.717, 1.165) is 0 Å². The van der Waals surface area contributed by atoms with Gasteiger partial charge in [-0.05, 0) is 52.7 Å². The summed E-state index contributed by atoms with van der Waals surface area (Å²) >= 11 is 0. The van der Waals surface area contributed by atoms with Crippen molar-refractivity contribution in [1.29, 1.82) is 0 Å². The Labute approximate surface area is 174 Å². The summed E-state index contributed by atoms with van der Waals surface area (Å²) in [5.41, 5.74) is 2.53. The number of methoxy groups -OCH3 is 1. The summed E-state index contributed by atoms with van der Waals surface area (Å²) in [5, 5.41) is 0. The van der Waals surface area contributed by atoms with Gasteiger partial charge in [0.05, 0.1) is 30.5 Å². The molecule has 30 heavy (non-hydrogen) atoms. The van der Waals surface area contributed by atoms with E-state index in [9.17, 15) is 19.2 Å². The minimum absolute atomic E-state index is 0.0739. The number of aromatic nitrogens is 2. The van der Waals surface area contributed by atoms with Gasteiger partial charge in [-0.15, -0.1) is 0 Å². The smallest absolute Gasteiger partial charge is 0.355 e. The van der Waals surface area contributed by atoms with Crippen molar-refractivity contribution in [2.45, 2.75) is 47.6 Å². The first-order valence-electron chi connectivity index (χ1n) is 9.43. The highest BCUT2D eigenvalue weighted by atomic mass is 16.5. The van der Waals surface area contributed by atoms with E-state index in [1.807, 2.05) is 0 Å². The Bertz CT molecular complexity index is 1010. The summed E-state index contributed by atoms with van der Waals surface area (Å²) < 4.78 is 15.1. The highest BCUT2D eigenvalue weighted by Crippen LogP contribution is 2.23. The molecule has 2 aromatic rings. The second-order valence-corrected chi connectivity index (χ2v) is 6.87. The summed E-state index contributed by atoms with van der Waals surface area (Å²) in [6.07, 6.45) is -1.13. The lowest BCUT2D eigenvalue weighted by Gasteiger charge is -2.12. The van der Waals surface area contributed by atoms with Gasteiger partial charge >= 0.3 is 17.9 Å². The number of carbonyl (C=O) groups excluding carboxylic acids is 4. The average molecular weight is 418 g/mol. The fraction of sp³-hybridized carbons (Fsp3) is 0.429. The third-order valence-electron chi connectivity index (χ3n) is 4.85. The third kappa shape index (κ3) is 4.14. The zero-order chi connectivity index (χ0) is 22.7. The minimum Gasteiger partial charge on any atom is -0.465 e. The van der Waals surface area contributed by atoms with Gasteiger partial charge in [0.2, 0.25) is 5.78 Å². The van der Waals surface area contributed by atoms with Gasteiger partial charge in [-0.1, -0.05) is 0 Å². The molecule has 1 atom stereocenters. The second-order valence-electron chi connectivity index (χ2n) is 6.87. The maximum atomic E-state index is 12.8. The van der Waals surface area contributed by atoms with Gasteiger partial charge < -0.3 is 24.2 Å².